The van der Waals surface area contributed by atoms with E-state index in [4.69, 9.17) is 11.6 Å². The number of amides is 2. The van der Waals surface area contributed by atoms with Gasteiger partial charge in [0.25, 0.3) is 11.8 Å². The van der Waals surface area contributed by atoms with Gasteiger partial charge in [-0.3, -0.25) is 9.59 Å². The summed E-state index contributed by atoms with van der Waals surface area (Å²) in [5.74, 6) is -0.0647. The average Bonchev–Trinajstić information content (AvgIpc) is 2.67. The maximum Gasteiger partial charge on any atom is 0.253 e. The third-order valence-electron chi connectivity index (χ3n) is 5.20. The minimum Gasteiger partial charge on any atom is -0.349 e. The van der Waals surface area contributed by atoms with Gasteiger partial charge in [0.05, 0.1) is 0 Å². The molecule has 0 unspecified atom stereocenters. The first-order valence-corrected chi connectivity index (χ1v) is 10.1. The SMILES string of the molecule is CC(C)(C)c1ccc(C(=O)NC2CCN(C(=O)c3cccc(Cl)c3)CC2)cc1. The van der Waals surface area contributed by atoms with Gasteiger partial charge in [-0.1, -0.05) is 50.6 Å². The van der Waals surface area contributed by atoms with Crippen LogP contribution in [0.15, 0.2) is 48.5 Å². The van der Waals surface area contributed by atoms with E-state index in [0.29, 0.717) is 29.2 Å². The van der Waals surface area contributed by atoms with E-state index in [2.05, 4.69) is 26.1 Å². The summed E-state index contributed by atoms with van der Waals surface area (Å²) in [6.45, 7) is 7.71. The Morgan fingerprint density at radius 1 is 1.00 bits per heavy atom. The van der Waals surface area contributed by atoms with Crippen molar-refractivity contribution in [2.75, 3.05) is 13.1 Å². The summed E-state index contributed by atoms with van der Waals surface area (Å²) >= 11 is 5.98. The predicted molar refractivity (Wildman–Crippen MR) is 113 cm³/mol. The van der Waals surface area contributed by atoms with Crippen LogP contribution in [0.4, 0.5) is 0 Å². The van der Waals surface area contributed by atoms with Crippen LogP contribution in [0.25, 0.3) is 0 Å². The Hall–Kier alpha value is -2.33. The van der Waals surface area contributed by atoms with Crippen LogP contribution < -0.4 is 5.32 Å². The third kappa shape index (κ3) is 4.93. The van der Waals surface area contributed by atoms with Gasteiger partial charge in [0, 0.05) is 35.3 Å². The topological polar surface area (TPSA) is 49.4 Å². The average molecular weight is 399 g/mol. The molecule has 5 heteroatoms. The predicted octanol–water partition coefficient (Wildman–Crippen LogP) is 4.67. The Balaban J connectivity index is 1.54. The second-order valence-corrected chi connectivity index (χ2v) is 8.81. The zero-order valence-electron chi connectivity index (χ0n) is 16.7. The van der Waals surface area contributed by atoms with E-state index in [-0.39, 0.29) is 23.3 Å². The number of hydrogen-bond acceptors (Lipinski definition) is 2. The van der Waals surface area contributed by atoms with E-state index in [1.165, 1.54) is 5.56 Å². The lowest BCUT2D eigenvalue weighted by Crippen LogP contribution is -2.46. The summed E-state index contributed by atoms with van der Waals surface area (Å²) in [5.41, 5.74) is 2.55. The van der Waals surface area contributed by atoms with Crippen LogP contribution in [0.2, 0.25) is 5.02 Å². The fraction of sp³-hybridized carbons (Fsp3) is 0.391. The highest BCUT2D eigenvalue weighted by molar-refractivity contribution is 6.30. The van der Waals surface area contributed by atoms with E-state index < -0.39 is 0 Å². The molecule has 0 atom stereocenters. The minimum absolute atomic E-state index is 0.00922. The van der Waals surface area contributed by atoms with Crippen LogP contribution in [0.1, 0.15) is 59.9 Å². The number of rotatable bonds is 3. The Bertz CT molecular complexity index is 848. The van der Waals surface area contributed by atoms with E-state index in [1.807, 2.05) is 29.2 Å². The van der Waals surface area contributed by atoms with E-state index in [1.54, 1.807) is 24.3 Å². The first-order valence-electron chi connectivity index (χ1n) is 9.70. The first-order chi connectivity index (χ1) is 13.2. The van der Waals surface area contributed by atoms with E-state index in [9.17, 15) is 9.59 Å². The number of nitrogens with one attached hydrogen (secondary N) is 1. The quantitative estimate of drug-likeness (QED) is 0.816. The van der Waals surface area contributed by atoms with Crippen LogP contribution in [0, 0.1) is 0 Å². The molecule has 0 aromatic heterocycles. The number of hydrogen-bond donors (Lipinski definition) is 1. The maximum absolute atomic E-state index is 12.6. The van der Waals surface area contributed by atoms with Crippen molar-refractivity contribution in [3.63, 3.8) is 0 Å². The van der Waals surface area contributed by atoms with Crippen molar-refractivity contribution < 1.29 is 9.59 Å². The van der Waals surface area contributed by atoms with Crippen LogP contribution in [0.3, 0.4) is 0 Å². The van der Waals surface area contributed by atoms with Gasteiger partial charge in [-0.15, -0.1) is 0 Å². The Morgan fingerprint density at radius 2 is 1.64 bits per heavy atom. The van der Waals surface area contributed by atoms with Crippen molar-refractivity contribution in [1.82, 2.24) is 10.2 Å². The molecule has 2 aromatic carbocycles. The molecule has 4 nitrogen and oxygen atoms in total. The lowest BCUT2D eigenvalue weighted by Gasteiger charge is -2.32. The zero-order valence-corrected chi connectivity index (χ0v) is 17.4. The first kappa shape index (κ1) is 20.4. The largest absolute Gasteiger partial charge is 0.349 e. The molecule has 1 aliphatic rings. The monoisotopic (exact) mass is 398 g/mol. The molecule has 28 heavy (non-hydrogen) atoms. The summed E-state index contributed by atoms with van der Waals surface area (Å²) in [5, 5.41) is 3.66. The molecule has 148 valence electrons. The molecule has 2 aromatic rings. The highest BCUT2D eigenvalue weighted by Gasteiger charge is 2.25. The molecule has 0 bridgehead atoms. The van der Waals surface area contributed by atoms with Crippen LogP contribution >= 0.6 is 11.6 Å². The highest BCUT2D eigenvalue weighted by Crippen LogP contribution is 2.22. The number of likely N-dealkylation sites (tertiary alicyclic amines) is 1. The number of nitrogens with zero attached hydrogens (tertiary/aromatic N) is 1. The summed E-state index contributed by atoms with van der Waals surface area (Å²) in [6.07, 6.45) is 1.50. The molecule has 0 aliphatic carbocycles. The molecule has 2 amide bonds. The lowest BCUT2D eigenvalue weighted by atomic mass is 9.86. The number of benzene rings is 2. The van der Waals surface area contributed by atoms with E-state index >= 15 is 0 Å². The maximum atomic E-state index is 12.6. The summed E-state index contributed by atoms with van der Waals surface area (Å²) < 4.78 is 0. The number of piperidine rings is 1. The summed E-state index contributed by atoms with van der Waals surface area (Å²) in [6, 6.07) is 14.9. The van der Waals surface area contributed by atoms with Crippen molar-refractivity contribution in [1.29, 1.82) is 0 Å². The molecule has 1 heterocycles. The van der Waals surface area contributed by atoms with Crippen LogP contribution in [-0.2, 0) is 5.41 Å². The van der Waals surface area contributed by atoms with Gasteiger partial charge in [0.2, 0.25) is 0 Å². The molecule has 1 N–H and O–H groups in total. The normalized spacial score (nSPS) is 15.4. The van der Waals surface area contributed by atoms with Gasteiger partial charge in [-0.2, -0.15) is 0 Å². The summed E-state index contributed by atoms with van der Waals surface area (Å²) in [4.78, 5) is 27.0. The molecular weight excluding hydrogens is 372 g/mol. The number of carbonyl (C=O) groups is 2. The minimum atomic E-state index is -0.0555. The van der Waals surface area contributed by atoms with Crippen molar-refractivity contribution in [2.45, 2.75) is 45.1 Å². The second-order valence-electron chi connectivity index (χ2n) is 8.38. The van der Waals surface area contributed by atoms with Crippen LogP contribution in [0.5, 0.6) is 0 Å². The third-order valence-corrected chi connectivity index (χ3v) is 5.44. The fourth-order valence-corrected chi connectivity index (χ4v) is 3.61. The Labute approximate surface area is 171 Å². The molecule has 0 saturated carbocycles. The fourth-order valence-electron chi connectivity index (χ4n) is 3.42. The molecule has 1 aliphatic heterocycles. The van der Waals surface area contributed by atoms with Crippen molar-refractivity contribution in [3.05, 3.63) is 70.2 Å². The van der Waals surface area contributed by atoms with Crippen molar-refractivity contribution in [3.8, 4) is 0 Å². The molecule has 0 spiro atoms. The number of carbonyl (C=O) groups excluding carboxylic acids is 2. The van der Waals surface area contributed by atoms with Gasteiger partial charge < -0.3 is 10.2 Å². The Morgan fingerprint density at radius 3 is 2.21 bits per heavy atom. The second kappa shape index (κ2) is 8.36. The number of halogens is 1. The lowest BCUT2D eigenvalue weighted by molar-refractivity contribution is 0.0698. The molecular formula is C23H27ClN2O2. The standard InChI is InChI=1S/C23H27ClN2O2/c1-23(2,3)18-9-7-16(8-10-18)21(27)25-20-11-13-26(14-12-20)22(28)17-5-4-6-19(24)15-17/h4-10,15,20H,11-14H2,1-3H3,(H,25,27). The molecule has 1 saturated heterocycles. The molecule has 3 rings (SSSR count). The van der Waals surface area contributed by atoms with Gasteiger partial charge >= 0.3 is 0 Å². The highest BCUT2D eigenvalue weighted by atomic mass is 35.5. The Kier molecular flexibility index (Phi) is 6.09. The molecule has 0 radical (unpaired) electrons. The summed E-state index contributed by atoms with van der Waals surface area (Å²) in [7, 11) is 0. The van der Waals surface area contributed by atoms with E-state index in [0.717, 1.165) is 12.8 Å². The smallest absolute Gasteiger partial charge is 0.253 e. The van der Waals surface area contributed by atoms with Gasteiger partial charge in [0.15, 0.2) is 0 Å². The van der Waals surface area contributed by atoms with Crippen LogP contribution in [-0.4, -0.2) is 35.8 Å². The van der Waals surface area contributed by atoms with Gasteiger partial charge in [0.1, 0.15) is 0 Å². The van der Waals surface area contributed by atoms with Crippen molar-refractivity contribution in [2.24, 2.45) is 0 Å². The van der Waals surface area contributed by atoms with Gasteiger partial charge in [-0.25, -0.2) is 0 Å². The van der Waals surface area contributed by atoms with Crippen molar-refractivity contribution >= 4 is 23.4 Å². The van der Waals surface area contributed by atoms with Gasteiger partial charge in [-0.05, 0) is 54.2 Å². The zero-order chi connectivity index (χ0) is 20.3. The molecule has 1 fully saturated rings.